The number of ether oxygens (including phenoxy) is 1. The van der Waals surface area contributed by atoms with E-state index in [1.807, 2.05) is 30.3 Å². The number of carbonyl (C=O) groups excluding carboxylic acids is 1. The number of rotatable bonds is 1. The zero-order chi connectivity index (χ0) is 9.68. The summed E-state index contributed by atoms with van der Waals surface area (Å²) in [6, 6.07) is 9.23. The quantitative estimate of drug-likeness (QED) is 0.487. The summed E-state index contributed by atoms with van der Waals surface area (Å²) >= 11 is 0. The highest BCUT2D eigenvalue weighted by molar-refractivity contribution is 5.93. The Bertz CT molecular complexity index is 263. The first-order valence-electron chi connectivity index (χ1n) is 4.37. The second kappa shape index (κ2) is 4.77. The van der Waals surface area contributed by atoms with Gasteiger partial charge in [-0.25, -0.2) is 0 Å². The minimum Gasteiger partial charge on any atom is -0.373 e. The van der Waals surface area contributed by atoms with E-state index in [2.05, 4.69) is 6.92 Å². The highest BCUT2D eigenvalue weighted by Gasteiger charge is 2.13. The van der Waals surface area contributed by atoms with Crippen molar-refractivity contribution in [2.24, 2.45) is 0 Å². The molecule has 0 saturated carbocycles. The molecule has 1 aliphatic heterocycles. The molecule has 2 heteroatoms. The van der Waals surface area contributed by atoms with Crippen LogP contribution in [0.4, 0.5) is 0 Å². The Hall–Kier alpha value is -1.15. The van der Waals surface area contributed by atoms with Gasteiger partial charge in [-0.1, -0.05) is 30.3 Å². The van der Waals surface area contributed by atoms with Crippen molar-refractivity contribution in [2.75, 3.05) is 6.61 Å². The maximum atomic E-state index is 10.6. The molecule has 13 heavy (non-hydrogen) atoms. The minimum absolute atomic E-state index is 0.121. The largest absolute Gasteiger partial charge is 0.373 e. The molecule has 1 atom stereocenters. The lowest BCUT2D eigenvalue weighted by molar-refractivity contribution is 0.101. The summed E-state index contributed by atoms with van der Waals surface area (Å²) in [6.07, 6.45) is 0.583. The average Bonchev–Trinajstić information content (AvgIpc) is 2.90. The second-order valence-electron chi connectivity index (χ2n) is 3.07. The summed E-state index contributed by atoms with van der Waals surface area (Å²) in [5.74, 6) is 0.121. The van der Waals surface area contributed by atoms with Crippen LogP contribution in [-0.4, -0.2) is 18.5 Å². The van der Waals surface area contributed by atoms with Crippen LogP contribution in [0.2, 0.25) is 0 Å². The molecule has 2 nitrogen and oxygen atoms in total. The van der Waals surface area contributed by atoms with Gasteiger partial charge >= 0.3 is 0 Å². The van der Waals surface area contributed by atoms with Crippen LogP contribution in [0.1, 0.15) is 24.2 Å². The molecule has 1 fully saturated rings. The fourth-order valence-electron chi connectivity index (χ4n) is 0.769. The highest BCUT2D eigenvalue weighted by Crippen LogP contribution is 2.04. The van der Waals surface area contributed by atoms with Crippen molar-refractivity contribution in [3.63, 3.8) is 0 Å². The molecule has 0 aliphatic carbocycles. The lowest BCUT2D eigenvalue weighted by Crippen LogP contribution is -1.88. The first-order chi connectivity index (χ1) is 6.20. The summed E-state index contributed by atoms with van der Waals surface area (Å²) < 4.78 is 4.71. The zero-order valence-corrected chi connectivity index (χ0v) is 7.99. The molecule has 70 valence electrons. The third-order valence-corrected chi connectivity index (χ3v) is 1.68. The molecule has 2 rings (SSSR count). The van der Waals surface area contributed by atoms with Crippen LogP contribution in [0.3, 0.4) is 0 Å². The molecular weight excluding hydrogens is 164 g/mol. The fourth-order valence-corrected chi connectivity index (χ4v) is 0.769. The molecule has 0 amide bonds. The van der Waals surface area contributed by atoms with Crippen molar-refractivity contribution >= 4 is 5.78 Å². The Balaban J connectivity index is 0.000000175. The van der Waals surface area contributed by atoms with Gasteiger partial charge in [0.05, 0.1) is 12.7 Å². The van der Waals surface area contributed by atoms with E-state index in [4.69, 9.17) is 4.74 Å². The summed E-state index contributed by atoms with van der Waals surface area (Å²) in [6.45, 7) is 4.61. The Labute approximate surface area is 78.5 Å². The van der Waals surface area contributed by atoms with Crippen molar-refractivity contribution in [2.45, 2.75) is 20.0 Å². The van der Waals surface area contributed by atoms with Crippen LogP contribution in [0.15, 0.2) is 30.3 Å². The zero-order valence-electron chi connectivity index (χ0n) is 7.99. The van der Waals surface area contributed by atoms with E-state index in [0.29, 0.717) is 6.10 Å². The SMILES string of the molecule is CC(=O)c1ccccc1.CC1CO1. The summed E-state index contributed by atoms with van der Waals surface area (Å²) in [5, 5.41) is 0. The number of benzene rings is 1. The van der Waals surface area contributed by atoms with E-state index < -0.39 is 0 Å². The van der Waals surface area contributed by atoms with Gasteiger partial charge in [0.25, 0.3) is 0 Å². The molecule has 0 bridgehead atoms. The van der Waals surface area contributed by atoms with Gasteiger partial charge in [-0.3, -0.25) is 4.79 Å². The van der Waals surface area contributed by atoms with Gasteiger partial charge in [0.15, 0.2) is 5.78 Å². The molecule has 0 radical (unpaired) electrons. The minimum atomic E-state index is 0.121. The third kappa shape index (κ3) is 4.43. The van der Waals surface area contributed by atoms with E-state index in [-0.39, 0.29) is 5.78 Å². The average molecular weight is 178 g/mol. The Morgan fingerprint density at radius 3 is 2.08 bits per heavy atom. The van der Waals surface area contributed by atoms with Crippen molar-refractivity contribution in [3.05, 3.63) is 35.9 Å². The van der Waals surface area contributed by atoms with Gasteiger partial charge in [0.2, 0.25) is 0 Å². The van der Waals surface area contributed by atoms with E-state index in [1.165, 1.54) is 0 Å². The molecule has 1 saturated heterocycles. The molecule has 0 N–H and O–H groups in total. The second-order valence-corrected chi connectivity index (χ2v) is 3.07. The van der Waals surface area contributed by atoms with Crippen LogP contribution in [-0.2, 0) is 4.74 Å². The first kappa shape index (κ1) is 9.93. The maximum Gasteiger partial charge on any atom is 0.159 e. The fraction of sp³-hybridized carbons (Fsp3) is 0.364. The number of epoxide rings is 1. The standard InChI is InChI=1S/C8H8O.C3H6O/c1-7(9)8-5-3-2-4-6-8;1-3-2-4-3/h2-6H,1H3;3H,2H2,1H3. The predicted molar refractivity (Wildman–Crippen MR) is 51.9 cm³/mol. The van der Waals surface area contributed by atoms with Gasteiger partial charge in [0.1, 0.15) is 0 Å². The van der Waals surface area contributed by atoms with Crippen LogP contribution < -0.4 is 0 Å². The topological polar surface area (TPSA) is 29.6 Å². The third-order valence-electron chi connectivity index (χ3n) is 1.68. The molecular formula is C11H14O2. The van der Waals surface area contributed by atoms with Crippen molar-refractivity contribution in [3.8, 4) is 0 Å². The van der Waals surface area contributed by atoms with Gasteiger partial charge in [-0.2, -0.15) is 0 Å². The molecule has 1 heterocycles. The smallest absolute Gasteiger partial charge is 0.159 e. The molecule has 1 aliphatic rings. The Morgan fingerprint density at radius 1 is 1.38 bits per heavy atom. The monoisotopic (exact) mass is 178 g/mol. The molecule has 0 spiro atoms. The van der Waals surface area contributed by atoms with Crippen molar-refractivity contribution < 1.29 is 9.53 Å². The van der Waals surface area contributed by atoms with Crippen molar-refractivity contribution in [1.82, 2.24) is 0 Å². The normalized spacial score (nSPS) is 18.5. The van der Waals surface area contributed by atoms with Crippen LogP contribution in [0.5, 0.6) is 0 Å². The van der Waals surface area contributed by atoms with E-state index in [1.54, 1.807) is 6.92 Å². The first-order valence-corrected chi connectivity index (χ1v) is 4.37. The summed E-state index contributed by atoms with van der Waals surface area (Å²) in [4.78, 5) is 10.6. The summed E-state index contributed by atoms with van der Waals surface area (Å²) in [5.41, 5.74) is 0.775. The number of carbonyl (C=O) groups is 1. The van der Waals surface area contributed by atoms with Crippen LogP contribution in [0.25, 0.3) is 0 Å². The van der Waals surface area contributed by atoms with E-state index in [0.717, 1.165) is 12.2 Å². The molecule has 1 aromatic rings. The van der Waals surface area contributed by atoms with E-state index >= 15 is 0 Å². The molecule has 0 aromatic heterocycles. The Morgan fingerprint density at radius 2 is 1.85 bits per heavy atom. The number of hydrogen-bond acceptors (Lipinski definition) is 2. The molecule has 1 unspecified atom stereocenters. The van der Waals surface area contributed by atoms with Crippen molar-refractivity contribution in [1.29, 1.82) is 0 Å². The maximum absolute atomic E-state index is 10.6. The summed E-state index contributed by atoms with van der Waals surface area (Å²) in [7, 11) is 0. The number of ketones is 1. The van der Waals surface area contributed by atoms with Crippen LogP contribution >= 0.6 is 0 Å². The number of Topliss-reactive ketones (excluding diaryl/α,β-unsaturated/α-hetero) is 1. The van der Waals surface area contributed by atoms with Gasteiger partial charge in [0, 0.05) is 5.56 Å². The highest BCUT2D eigenvalue weighted by atomic mass is 16.6. The Kier molecular flexibility index (Phi) is 3.65. The van der Waals surface area contributed by atoms with Gasteiger partial charge in [-0.05, 0) is 13.8 Å². The van der Waals surface area contributed by atoms with Crippen LogP contribution in [0, 0.1) is 0 Å². The molecule has 1 aromatic carbocycles. The lowest BCUT2D eigenvalue weighted by atomic mass is 10.2. The van der Waals surface area contributed by atoms with Gasteiger partial charge < -0.3 is 4.74 Å². The van der Waals surface area contributed by atoms with E-state index in [9.17, 15) is 4.79 Å². The number of hydrogen-bond donors (Lipinski definition) is 0. The lowest BCUT2D eigenvalue weighted by Gasteiger charge is -1.89. The predicted octanol–water partition coefficient (Wildman–Crippen LogP) is 2.29. The van der Waals surface area contributed by atoms with Gasteiger partial charge in [-0.15, -0.1) is 0 Å².